The van der Waals surface area contributed by atoms with Gasteiger partial charge in [0.15, 0.2) is 0 Å². The van der Waals surface area contributed by atoms with E-state index < -0.39 is 23.9 Å². The standard InChI is InChI=1S/C15H17NO5/c1-2-7-21-12-5-3-10(4-6-12)8-11(14(17)18)9-13(16)15(19)20/h1,3-6,11,13H,7-9,16H2,(H,17,18)(H,19,20). The summed E-state index contributed by atoms with van der Waals surface area (Å²) >= 11 is 0. The molecule has 0 bridgehead atoms. The molecule has 0 spiro atoms. The molecule has 0 fully saturated rings. The molecule has 0 saturated carbocycles. The van der Waals surface area contributed by atoms with Crippen molar-refractivity contribution in [2.45, 2.75) is 18.9 Å². The minimum Gasteiger partial charge on any atom is -0.481 e. The van der Waals surface area contributed by atoms with E-state index in [2.05, 4.69) is 5.92 Å². The summed E-state index contributed by atoms with van der Waals surface area (Å²) in [5.41, 5.74) is 6.14. The van der Waals surface area contributed by atoms with E-state index in [9.17, 15) is 9.59 Å². The van der Waals surface area contributed by atoms with Gasteiger partial charge < -0.3 is 20.7 Å². The molecule has 0 aliphatic carbocycles. The van der Waals surface area contributed by atoms with Gasteiger partial charge in [0.1, 0.15) is 18.4 Å². The Hall–Kier alpha value is -2.52. The van der Waals surface area contributed by atoms with E-state index in [1.54, 1.807) is 24.3 Å². The third-order valence-electron chi connectivity index (χ3n) is 2.93. The summed E-state index contributed by atoms with van der Waals surface area (Å²) in [5, 5.41) is 17.9. The molecule has 112 valence electrons. The van der Waals surface area contributed by atoms with Gasteiger partial charge in [0.2, 0.25) is 0 Å². The van der Waals surface area contributed by atoms with E-state index in [4.69, 9.17) is 27.1 Å². The number of carbonyl (C=O) groups is 2. The first-order valence-electron chi connectivity index (χ1n) is 6.30. The highest BCUT2D eigenvalue weighted by molar-refractivity contribution is 5.76. The Morgan fingerprint density at radius 2 is 1.86 bits per heavy atom. The third kappa shape index (κ3) is 5.55. The Morgan fingerprint density at radius 1 is 1.24 bits per heavy atom. The molecule has 21 heavy (non-hydrogen) atoms. The molecule has 6 heteroatoms. The fourth-order valence-corrected chi connectivity index (χ4v) is 1.81. The molecule has 0 heterocycles. The zero-order valence-electron chi connectivity index (χ0n) is 11.4. The molecule has 1 aromatic carbocycles. The van der Waals surface area contributed by atoms with E-state index >= 15 is 0 Å². The Morgan fingerprint density at radius 3 is 2.33 bits per heavy atom. The number of rotatable bonds is 8. The van der Waals surface area contributed by atoms with Crippen LogP contribution in [0.1, 0.15) is 12.0 Å². The van der Waals surface area contributed by atoms with Gasteiger partial charge in [0.05, 0.1) is 5.92 Å². The van der Waals surface area contributed by atoms with E-state index in [0.717, 1.165) is 5.56 Å². The fourth-order valence-electron chi connectivity index (χ4n) is 1.81. The predicted molar refractivity (Wildman–Crippen MR) is 75.8 cm³/mol. The molecule has 1 aromatic rings. The molecule has 4 N–H and O–H groups in total. The molecule has 0 amide bonds. The lowest BCUT2D eigenvalue weighted by Crippen LogP contribution is -2.35. The van der Waals surface area contributed by atoms with Gasteiger partial charge in [-0.1, -0.05) is 18.1 Å². The molecule has 0 aliphatic heterocycles. The van der Waals surface area contributed by atoms with E-state index in [-0.39, 0.29) is 19.4 Å². The summed E-state index contributed by atoms with van der Waals surface area (Å²) in [6.45, 7) is 0.157. The molecule has 2 atom stereocenters. The maximum absolute atomic E-state index is 11.2. The van der Waals surface area contributed by atoms with Crippen LogP contribution in [0.15, 0.2) is 24.3 Å². The van der Waals surface area contributed by atoms with Crippen LogP contribution in [0.4, 0.5) is 0 Å². The van der Waals surface area contributed by atoms with Crippen LogP contribution in [0.5, 0.6) is 5.75 Å². The molecular weight excluding hydrogens is 274 g/mol. The maximum Gasteiger partial charge on any atom is 0.320 e. The summed E-state index contributed by atoms with van der Waals surface area (Å²) in [4.78, 5) is 21.9. The number of nitrogens with two attached hydrogens (primary N) is 1. The highest BCUT2D eigenvalue weighted by Gasteiger charge is 2.24. The Kier molecular flexibility index (Phi) is 6.24. The van der Waals surface area contributed by atoms with Crippen LogP contribution in [0.25, 0.3) is 0 Å². The van der Waals surface area contributed by atoms with Crippen molar-refractivity contribution < 1.29 is 24.5 Å². The summed E-state index contributed by atoms with van der Waals surface area (Å²) in [6.07, 6.45) is 5.15. The first kappa shape index (κ1) is 16.5. The summed E-state index contributed by atoms with van der Waals surface area (Å²) in [7, 11) is 0. The van der Waals surface area contributed by atoms with E-state index in [0.29, 0.717) is 5.75 Å². The molecule has 1 rings (SSSR count). The van der Waals surface area contributed by atoms with Crippen molar-refractivity contribution in [3.8, 4) is 18.1 Å². The number of carboxylic acids is 2. The van der Waals surface area contributed by atoms with E-state index in [1.807, 2.05) is 0 Å². The average molecular weight is 291 g/mol. The summed E-state index contributed by atoms with van der Waals surface area (Å²) in [5.74, 6) is -0.203. The van der Waals surface area contributed by atoms with Gasteiger partial charge in [-0.25, -0.2) is 0 Å². The van der Waals surface area contributed by atoms with Crippen molar-refractivity contribution in [2.24, 2.45) is 11.7 Å². The average Bonchev–Trinajstić information content (AvgIpc) is 2.45. The number of aliphatic carboxylic acids is 2. The molecule has 0 aliphatic rings. The molecule has 6 nitrogen and oxygen atoms in total. The van der Waals surface area contributed by atoms with Crippen LogP contribution in [0, 0.1) is 18.3 Å². The van der Waals surface area contributed by atoms with Gasteiger partial charge in [0.25, 0.3) is 0 Å². The number of benzene rings is 1. The lowest BCUT2D eigenvalue weighted by atomic mass is 9.93. The van der Waals surface area contributed by atoms with Crippen molar-refractivity contribution in [1.82, 2.24) is 0 Å². The zero-order valence-corrected chi connectivity index (χ0v) is 11.4. The van der Waals surface area contributed by atoms with Gasteiger partial charge in [-0.05, 0) is 30.5 Å². The highest BCUT2D eigenvalue weighted by atomic mass is 16.5. The van der Waals surface area contributed by atoms with Gasteiger partial charge in [-0.2, -0.15) is 0 Å². The Balaban J connectivity index is 2.69. The van der Waals surface area contributed by atoms with E-state index in [1.165, 1.54) is 0 Å². The normalized spacial score (nSPS) is 13.0. The van der Waals surface area contributed by atoms with Gasteiger partial charge in [-0.15, -0.1) is 6.42 Å². The second kappa shape index (κ2) is 7.92. The number of terminal acetylenes is 1. The molecule has 0 aromatic heterocycles. The lowest BCUT2D eigenvalue weighted by Gasteiger charge is -2.15. The van der Waals surface area contributed by atoms with Crippen molar-refractivity contribution in [2.75, 3.05) is 6.61 Å². The van der Waals surface area contributed by atoms with Crippen LogP contribution in [-0.2, 0) is 16.0 Å². The number of hydrogen-bond acceptors (Lipinski definition) is 4. The van der Waals surface area contributed by atoms with Crippen LogP contribution >= 0.6 is 0 Å². The topological polar surface area (TPSA) is 110 Å². The summed E-state index contributed by atoms with van der Waals surface area (Å²) < 4.78 is 5.21. The first-order chi connectivity index (χ1) is 9.93. The molecular formula is C15H17NO5. The summed E-state index contributed by atoms with van der Waals surface area (Å²) in [6, 6.07) is 5.61. The maximum atomic E-state index is 11.2. The lowest BCUT2D eigenvalue weighted by molar-refractivity contribution is -0.143. The van der Waals surface area contributed by atoms with Crippen molar-refractivity contribution in [3.63, 3.8) is 0 Å². The van der Waals surface area contributed by atoms with Crippen LogP contribution in [0.2, 0.25) is 0 Å². The Labute approximate surface area is 122 Å². The van der Waals surface area contributed by atoms with Gasteiger partial charge >= 0.3 is 11.9 Å². The van der Waals surface area contributed by atoms with Crippen molar-refractivity contribution in [1.29, 1.82) is 0 Å². The van der Waals surface area contributed by atoms with Crippen LogP contribution in [0.3, 0.4) is 0 Å². The largest absolute Gasteiger partial charge is 0.481 e. The second-order valence-corrected chi connectivity index (χ2v) is 4.56. The first-order valence-corrected chi connectivity index (χ1v) is 6.30. The zero-order chi connectivity index (χ0) is 15.8. The van der Waals surface area contributed by atoms with Crippen LogP contribution < -0.4 is 10.5 Å². The predicted octanol–water partition coefficient (Wildman–Crippen LogP) is 0.744. The smallest absolute Gasteiger partial charge is 0.320 e. The number of ether oxygens (including phenoxy) is 1. The van der Waals surface area contributed by atoms with Crippen LogP contribution in [-0.4, -0.2) is 34.8 Å². The highest BCUT2D eigenvalue weighted by Crippen LogP contribution is 2.18. The van der Waals surface area contributed by atoms with Crippen molar-refractivity contribution >= 4 is 11.9 Å². The molecule has 0 radical (unpaired) electrons. The second-order valence-electron chi connectivity index (χ2n) is 4.56. The SMILES string of the molecule is C#CCOc1ccc(CC(CC(N)C(=O)O)C(=O)O)cc1. The third-order valence-corrected chi connectivity index (χ3v) is 2.93. The van der Waals surface area contributed by atoms with Gasteiger partial charge in [-0.3, -0.25) is 9.59 Å². The minimum atomic E-state index is -1.21. The van der Waals surface area contributed by atoms with Gasteiger partial charge in [0, 0.05) is 0 Å². The quantitative estimate of drug-likeness (QED) is 0.609. The number of carboxylic acid groups (broad SMARTS) is 2. The number of hydrogen-bond donors (Lipinski definition) is 3. The fraction of sp³-hybridized carbons (Fsp3) is 0.333. The molecule has 0 saturated heterocycles. The van der Waals surface area contributed by atoms with Crippen molar-refractivity contribution in [3.05, 3.63) is 29.8 Å². The Bertz CT molecular complexity index is 532. The monoisotopic (exact) mass is 291 g/mol. The minimum absolute atomic E-state index is 0.125. The molecule has 2 unspecified atom stereocenters.